The van der Waals surface area contributed by atoms with E-state index in [0.29, 0.717) is 18.1 Å². The Hall–Kier alpha value is -2.79. The zero-order chi connectivity index (χ0) is 17.8. The summed E-state index contributed by atoms with van der Waals surface area (Å²) in [5, 5.41) is 0.631. The van der Waals surface area contributed by atoms with Gasteiger partial charge in [-0.25, -0.2) is 0 Å². The van der Waals surface area contributed by atoms with Crippen LogP contribution in [0.2, 0.25) is 5.02 Å². The topological polar surface area (TPSA) is 53.2 Å². The van der Waals surface area contributed by atoms with Crippen LogP contribution in [0.15, 0.2) is 70.5 Å². The van der Waals surface area contributed by atoms with Gasteiger partial charge in [0.05, 0.1) is 20.2 Å². The van der Waals surface area contributed by atoms with E-state index in [0.717, 1.165) is 16.9 Å². The molecule has 0 aliphatic rings. The predicted octanol–water partition coefficient (Wildman–Crippen LogP) is 2.77. The molecule has 0 aliphatic heterocycles. The van der Waals surface area contributed by atoms with Gasteiger partial charge in [-0.3, -0.25) is 9.59 Å². The molecule has 128 valence electrons. The monoisotopic (exact) mass is 356 g/mol. The quantitative estimate of drug-likeness (QED) is 0.660. The van der Waals surface area contributed by atoms with Crippen LogP contribution in [0.4, 0.5) is 0 Å². The van der Waals surface area contributed by atoms with Crippen molar-refractivity contribution in [1.82, 2.24) is 9.13 Å². The Morgan fingerprint density at radius 3 is 1.68 bits per heavy atom. The van der Waals surface area contributed by atoms with Crippen LogP contribution in [-0.2, 0) is 13.1 Å². The Kier molecular flexibility index (Phi) is 5.05. The van der Waals surface area contributed by atoms with Gasteiger partial charge in [-0.2, -0.15) is 0 Å². The third-order valence-electron chi connectivity index (χ3n) is 3.91. The Balaban J connectivity index is 1.83. The summed E-state index contributed by atoms with van der Waals surface area (Å²) in [6.45, 7) is 0.661. The van der Waals surface area contributed by atoms with Gasteiger partial charge in [-0.1, -0.05) is 35.9 Å². The van der Waals surface area contributed by atoms with Crippen molar-refractivity contribution in [1.29, 1.82) is 0 Å². The summed E-state index contributed by atoms with van der Waals surface area (Å²) in [7, 11) is 1.60. The molecule has 0 saturated carbocycles. The number of rotatable bonds is 5. The van der Waals surface area contributed by atoms with E-state index in [4.69, 9.17) is 16.3 Å². The van der Waals surface area contributed by atoms with E-state index in [9.17, 15) is 9.59 Å². The minimum Gasteiger partial charge on any atom is -0.497 e. The molecule has 25 heavy (non-hydrogen) atoms. The van der Waals surface area contributed by atoms with Crippen LogP contribution in [0.5, 0.6) is 5.75 Å². The SMILES string of the molecule is COc1ccc(Cn2ccn(Cc3ccc(Cl)cc3)c(=O)c2=O)cc1. The Morgan fingerprint density at radius 2 is 1.24 bits per heavy atom. The van der Waals surface area contributed by atoms with Gasteiger partial charge in [-0.15, -0.1) is 0 Å². The highest BCUT2D eigenvalue weighted by molar-refractivity contribution is 6.30. The fraction of sp³-hybridized carbons (Fsp3) is 0.158. The van der Waals surface area contributed by atoms with Gasteiger partial charge in [0.1, 0.15) is 5.75 Å². The first-order chi connectivity index (χ1) is 12.1. The molecule has 0 amide bonds. The molecular weight excluding hydrogens is 340 g/mol. The number of aromatic nitrogens is 2. The van der Waals surface area contributed by atoms with Crippen LogP contribution in [0.25, 0.3) is 0 Å². The normalized spacial score (nSPS) is 10.6. The number of ether oxygens (including phenoxy) is 1. The molecule has 1 aromatic heterocycles. The first-order valence-corrected chi connectivity index (χ1v) is 8.12. The van der Waals surface area contributed by atoms with Gasteiger partial charge in [0, 0.05) is 17.4 Å². The average Bonchev–Trinajstić information content (AvgIpc) is 2.64. The standard InChI is InChI=1S/C19H17ClN2O3/c1-25-17-8-4-15(5-9-17)13-22-11-10-21(18(23)19(22)24)12-14-2-6-16(20)7-3-14/h2-11H,12-13H2,1H3. The molecule has 0 atom stereocenters. The smallest absolute Gasteiger partial charge is 0.316 e. The van der Waals surface area contributed by atoms with E-state index in [2.05, 4.69) is 0 Å². The number of halogens is 1. The second kappa shape index (κ2) is 7.40. The number of methoxy groups -OCH3 is 1. The van der Waals surface area contributed by atoms with Gasteiger partial charge < -0.3 is 13.9 Å². The minimum absolute atomic E-state index is 0.328. The second-order valence-corrected chi connectivity index (χ2v) is 6.08. The maximum Gasteiger partial charge on any atom is 0.316 e. The Bertz CT molecular complexity index is 973. The lowest BCUT2D eigenvalue weighted by Gasteiger charge is -2.10. The van der Waals surface area contributed by atoms with Gasteiger partial charge in [0.15, 0.2) is 0 Å². The van der Waals surface area contributed by atoms with Crippen molar-refractivity contribution < 1.29 is 4.74 Å². The zero-order valence-electron chi connectivity index (χ0n) is 13.7. The van der Waals surface area contributed by atoms with Gasteiger partial charge >= 0.3 is 11.1 Å². The van der Waals surface area contributed by atoms with Gasteiger partial charge in [-0.05, 0) is 35.4 Å². The molecule has 3 rings (SSSR count). The predicted molar refractivity (Wildman–Crippen MR) is 97.6 cm³/mol. The molecule has 3 aromatic rings. The molecule has 0 bridgehead atoms. The molecule has 5 nitrogen and oxygen atoms in total. The van der Waals surface area contributed by atoms with Crippen molar-refractivity contribution in [2.24, 2.45) is 0 Å². The van der Waals surface area contributed by atoms with Crippen LogP contribution in [0.3, 0.4) is 0 Å². The molecule has 0 saturated heterocycles. The van der Waals surface area contributed by atoms with Crippen LogP contribution >= 0.6 is 11.6 Å². The zero-order valence-corrected chi connectivity index (χ0v) is 14.4. The second-order valence-electron chi connectivity index (χ2n) is 5.64. The van der Waals surface area contributed by atoms with Crippen LogP contribution in [0, 0.1) is 0 Å². The fourth-order valence-electron chi connectivity index (χ4n) is 2.51. The van der Waals surface area contributed by atoms with E-state index in [-0.39, 0.29) is 0 Å². The first-order valence-electron chi connectivity index (χ1n) is 7.74. The molecule has 0 N–H and O–H groups in total. The van der Waals surface area contributed by atoms with E-state index < -0.39 is 11.1 Å². The van der Waals surface area contributed by atoms with E-state index in [1.807, 2.05) is 36.4 Å². The molecule has 0 spiro atoms. The van der Waals surface area contributed by atoms with Crippen molar-refractivity contribution in [3.8, 4) is 5.75 Å². The highest BCUT2D eigenvalue weighted by Gasteiger charge is 2.06. The number of benzene rings is 2. The molecule has 1 heterocycles. The highest BCUT2D eigenvalue weighted by atomic mass is 35.5. The minimum atomic E-state index is -0.550. The molecule has 0 radical (unpaired) electrons. The van der Waals surface area contributed by atoms with Gasteiger partial charge in [0.25, 0.3) is 0 Å². The van der Waals surface area contributed by atoms with Crippen LogP contribution < -0.4 is 15.9 Å². The molecule has 2 aromatic carbocycles. The lowest BCUT2D eigenvalue weighted by atomic mass is 10.2. The first kappa shape index (κ1) is 17.0. The average molecular weight is 357 g/mol. The van der Waals surface area contributed by atoms with Crippen molar-refractivity contribution >= 4 is 11.6 Å². The van der Waals surface area contributed by atoms with E-state index in [1.54, 1.807) is 31.6 Å². The Labute approximate surface area is 149 Å². The summed E-state index contributed by atoms with van der Waals surface area (Å²) in [6, 6.07) is 14.5. The molecular formula is C19H17ClN2O3. The lowest BCUT2D eigenvalue weighted by molar-refractivity contribution is 0.414. The van der Waals surface area contributed by atoms with E-state index in [1.165, 1.54) is 9.13 Å². The van der Waals surface area contributed by atoms with Crippen LogP contribution in [0.1, 0.15) is 11.1 Å². The summed E-state index contributed by atoms with van der Waals surface area (Å²) < 4.78 is 7.92. The molecule has 0 unspecified atom stereocenters. The maximum absolute atomic E-state index is 12.3. The summed E-state index contributed by atoms with van der Waals surface area (Å²) in [6.07, 6.45) is 3.26. The summed E-state index contributed by atoms with van der Waals surface area (Å²) >= 11 is 5.86. The van der Waals surface area contributed by atoms with Crippen molar-refractivity contribution in [2.75, 3.05) is 7.11 Å². The van der Waals surface area contributed by atoms with Crippen molar-refractivity contribution in [2.45, 2.75) is 13.1 Å². The van der Waals surface area contributed by atoms with E-state index >= 15 is 0 Å². The highest BCUT2D eigenvalue weighted by Crippen LogP contribution is 2.12. The van der Waals surface area contributed by atoms with Crippen molar-refractivity contribution in [3.05, 3.63) is 97.8 Å². The van der Waals surface area contributed by atoms with Gasteiger partial charge in [0.2, 0.25) is 0 Å². The summed E-state index contributed by atoms with van der Waals surface area (Å²) in [5.74, 6) is 0.745. The number of hydrogen-bond acceptors (Lipinski definition) is 3. The third kappa shape index (κ3) is 4.00. The summed E-state index contributed by atoms with van der Waals surface area (Å²) in [5.41, 5.74) is 0.717. The summed E-state index contributed by atoms with van der Waals surface area (Å²) in [4.78, 5) is 24.7. The number of hydrogen-bond donors (Lipinski definition) is 0. The third-order valence-corrected chi connectivity index (χ3v) is 4.16. The van der Waals surface area contributed by atoms with Crippen LogP contribution in [-0.4, -0.2) is 16.2 Å². The largest absolute Gasteiger partial charge is 0.497 e. The molecule has 0 fully saturated rings. The maximum atomic E-state index is 12.3. The Morgan fingerprint density at radius 1 is 0.800 bits per heavy atom. The molecule has 6 heteroatoms. The lowest BCUT2D eigenvalue weighted by Crippen LogP contribution is -2.40. The number of nitrogens with zero attached hydrogens (tertiary/aromatic N) is 2. The molecule has 0 aliphatic carbocycles. The fourth-order valence-corrected chi connectivity index (χ4v) is 2.63. The van der Waals surface area contributed by atoms with Crippen molar-refractivity contribution in [3.63, 3.8) is 0 Å².